The summed E-state index contributed by atoms with van der Waals surface area (Å²) in [6, 6.07) is 0. The van der Waals surface area contributed by atoms with Crippen molar-refractivity contribution in [1.29, 1.82) is 0 Å². The average Bonchev–Trinajstić information content (AvgIpc) is 3.73. The van der Waals surface area contributed by atoms with Crippen LogP contribution in [0.4, 0.5) is 0 Å². The van der Waals surface area contributed by atoms with Crippen LogP contribution in [0.3, 0.4) is 0 Å². The van der Waals surface area contributed by atoms with Crippen molar-refractivity contribution in [3.05, 3.63) is 58.7 Å². The molecule has 0 aromatic heterocycles. The van der Waals surface area contributed by atoms with Gasteiger partial charge in [0.15, 0.2) is 18.4 Å². The highest BCUT2D eigenvalue weighted by molar-refractivity contribution is 5.94. The van der Waals surface area contributed by atoms with Crippen LogP contribution in [0.25, 0.3) is 0 Å². The van der Waals surface area contributed by atoms with Crippen LogP contribution >= 0.6 is 0 Å². The summed E-state index contributed by atoms with van der Waals surface area (Å²) >= 11 is 0. The topological polar surface area (TPSA) is 289 Å². The Kier molecular flexibility index (Phi) is 17.4. The summed E-state index contributed by atoms with van der Waals surface area (Å²) in [7, 11) is 1.56. The smallest absolute Gasteiger partial charge is 0.343 e. The zero-order valence-electron chi connectivity index (χ0n) is 33.5. The number of allylic oxidation sites excluding steroid dienone is 2. The number of hydrogen-bond acceptors (Lipinski definition) is 15. The Hall–Kier alpha value is -3.73. The molecular formula is C40H62N5O14+. The second kappa shape index (κ2) is 22.2. The zero-order valence-corrected chi connectivity index (χ0v) is 33.5. The third-order valence-corrected chi connectivity index (χ3v) is 11.1. The minimum Gasteiger partial charge on any atom is -0.477 e. The van der Waals surface area contributed by atoms with Gasteiger partial charge in [-0.2, -0.15) is 0 Å². The van der Waals surface area contributed by atoms with Crippen LogP contribution in [0.2, 0.25) is 0 Å². The van der Waals surface area contributed by atoms with E-state index in [1.54, 1.807) is 19.2 Å². The molecule has 0 spiro atoms. The van der Waals surface area contributed by atoms with Crippen molar-refractivity contribution in [2.24, 2.45) is 22.6 Å². The van der Waals surface area contributed by atoms with E-state index in [2.05, 4.69) is 15.6 Å². The minimum atomic E-state index is -2.93. The van der Waals surface area contributed by atoms with Gasteiger partial charge in [0.25, 0.3) is 0 Å². The predicted octanol–water partition coefficient (Wildman–Crippen LogP) is -1.87. The van der Waals surface area contributed by atoms with Gasteiger partial charge in [-0.25, -0.2) is 9.59 Å². The second-order valence-electron chi connectivity index (χ2n) is 15.5. The van der Waals surface area contributed by atoms with Gasteiger partial charge in [-0.05, 0) is 64.8 Å². The van der Waals surface area contributed by atoms with Crippen molar-refractivity contribution < 1.29 is 73.9 Å². The number of rotatable bonds is 18. The Balaban J connectivity index is 1.62. The van der Waals surface area contributed by atoms with Crippen molar-refractivity contribution >= 4 is 17.9 Å². The number of carboxylic acid groups (broad SMARTS) is 1. The molecule has 0 amide bonds. The molecule has 2 aliphatic carbocycles. The fraction of sp³-hybridized carbons (Fsp3) is 0.675. The third-order valence-electron chi connectivity index (χ3n) is 11.1. The van der Waals surface area contributed by atoms with E-state index < -0.39 is 67.1 Å². The molecule has 19 nitrogen and oxygen atoms in total. The Morgan fingerprint density at radius 1 is 1.08 bits per heavy atom. The average molecular weight is 837 g/mol. The van der Waals surface area contributed by atoms with Crippen LogP contribution in [0, 0.1) is 11.8 Å². The van der Waals surface area contributed by atoms with Crippen molar-refractivity contribution in [3.8, 4) is 0 Å². The first-order valence-electron chi connectivity index (χ1n) is 20.5. The monoisotopic (exact) mass is 836 g/mol. The number of aliphatic hydroxyl groups excluding tert-OH is 4. The number of hydrogen-bond donors (Lipinski definition) is 11. The summed E-state index contributed by atoms with van der Waals surface area (Å²) in [6.45, 7) is -0.719. The number of guanidine groups is 1. The van der Waals surface area contributed by atoms with Crippen LogP contribution in [-0.2, 0) is 33.3 Å². The summed E-state index contributed by atoms with van der Waals surface area (Å²) in [6.07, 6.45) is 7.91. The molecule has 0 bridgehead atoms. The van der Waals surface area contributed by atoms with Crippen LogP contribution in [0.1, 0.15) is 64.2 Å². The molecule has 59 heavy (non-hydrogen) atoms. The molecule has 12 N–H and O–H groups in total. The Morgan fingerprint density at radius 2 is 1.83 bits per heavy atom. The van der Waals surface area contributed by atoms with E-state index in [1.165, 1.54) is 12.5 Å². The lowest BCUT2D eigenvalue weighted by Crippen LogP contribution is -3.09. The molecule has 0 aromatic carbocycles. The first-order valence-corrected chi connectivity index (χ1v) is 20.5. The van der Waals surface area contributed by atoms with E-state index in [1.807, 2.05) is 6.08 Å². The first-order chi connectivity index (χ1) is 28.4. The number of esters is 1. The Bertz CT molecular complexity index is 1610. The number of carboxylic acids is 1. The zero-order chi connectivity index (χ0) is 42.5. The number of nitrogens with two attached hydrogens (primary N) is 1. The van der Waals surface area contributed by atoms with E-state index in [0.717, 1.165) is 50.5 Å². The largest absolute Gasteiger partial charge is 0.477 e. The maximum Gasteiger partial charge on any atom is 0.343 e. The molecule has 1 unspecified atom stereocenters. The molecule has 330 valence electrons. The molecule has 3 heterocycles. The van der Waals surface area contributed by atoms with Gasteiger partial charge in [0.2, 0.25) is 12.1 Å². The number of carbonyl (C=O) groups excluding carboxylic acids is 1. The van der Waals surface area contributed by atoms with Gasteiger partial charge in [0, 0.05) is 24.6 Å². The van der Waals surface area contributed by atoms with E-state index >= 15 is 0 Å². The van der Waals surface area contributed by atoms with Crippen LogP contribution in [0.15, 0.2) is 63.7 Å². The number of aliphatic imine (C=N–C) groups is 1. The van der Waals surface area contributed by atoms with E-state index in [0.29, 0.717) is 29.7 Å². The molecule has 0 radical (unpaired) electrons. The molecule has 19 heteroatoms. The van der Waals surface area contributed by atoms with Gasteiger partial charge < -0.3 is 75.4 Å². The summed E-state index contributed by atoms with van der Waals surface area (Å²) in [5.41, 5.74) is 7.92. The Morgan fingerprint density at radius 3 is 2.49 bits per heavy atom. The standard InChI is InChI=1S/C40H61N5O14/c1-42-23-56-34-38(58-31(21-48)33(49)40(34,53)54)59-37-28(18-24-8-3-2-4-9-24)27(30(22-55-37)36(52)57-26-10-5-6-11-26)13-12-25-19-45(15-17-47)20-29(35(50)51)32(25)44-39(41)43-14-7-16-46/h12-13,18,20,22,26-28,31,33-34,37-38,42,46-49,53-54H,2-11,14-17,19,21,23H2,1H3,(H,50,51)(H3,41,43,44)/p+1/b13-12+/t27-,28+,31+,33+,34-,37-,38-/m0/s1. The summed E-state index contributed by atoms with van der Waals surface area (Å²) in [4.78, 5) is 31.6. The molecule has 0 aromatic rings. The van der Waals surface area contributed by atoms with Gasteiger partial charge in [0.1, 0.15) is 43.2 Å². The summed E-state index contributed by atoms with van der Waals surface area (Å²) in [5.74, 6) is -6.50. The van der Waals surface area contributed by atoms with E-state index in [4.69, 9.17) is 29.4 Å². The van der Waals surface area contributed by atoms with Gasteiger partial charge in [-0.1, -0.05) is 30.2 Å². The van der Waals surface area contributed by atoms with E-state index in [9.17, 15) is 45.3 Å². The number of nitrogens with one attached hydrogen (secondary N) is 3. The van der Waals surface area contributed by atoms with Gasteiger partial charge in [-0.3, -0.25) is 10.3 Å². The molecule has 5 aliphatic rings. The fourth-order valence-corrected chi connectivity index (χ4v) is 8.04. The Labute approximate surface area is 343 Å². The van der Waals surface area contributed by atoms with Crippen molar-refractivity contribution in [2.75, 3.05) is 53.2 Å². The fourth-order valence-electron chi connectivity index (χ4n) is 8.04. The number of ether oxygens (including phenoxy) is 5. The van der Waals surface area contributed by atoms with Gasteiger partial charge in [-0.15, -0.1) is 0 Å². The van der Waals surface area contributed by atoms with Gasteiger partial charge in [0.05, 0.1) is 43.4 Å². The lowest BCUT2D eigenvalue weighted by Gasteiger charge is -2.47. The normalized spacial score (nSPS) is 30.5. The minimum absolute atomic E-state index is 0.0741. The molecule has 8 atom stereocenters. The van der Waals surface area contributed by atoms with Crippen LogP contribution < -0.4 is 21.3 Å². The molecular weight excluding hydrogens is 774 g/mol. The quantitative estimate of drug-likeness (QED) is 0.0180. The molecule has 5 rings (SSSR count). The van der Waals surface area contributed by atoms with Crippen molar-refractivity contribution in [3.63, 3.8) is 0 Å². The first kappa shape index (κ1) is 46.3. The SMILES string of the molecule is CNCO[C@H]1[C@H](O[C@@H]2OC=C(C(=O)OC3CCCC3)[C@@H](/C=C/C3=C(NC(N)=NCCCO)C(C(=O)O)=C[NH+](CCO)C3)[C@H]2C=C2CCCCC2)O[C@H](CO)[C@@H](O)C1(O)O. The molecule has 2 saturated carbocycles. The highest BCUT2D eigenvalue weighted by atomic mass is 16.8. The number of nitrogens with zero attached hydrogens (tertiary/aromatic N) is 1. The number of quaternary nitrogens is 1. The van der Waals surface area contributed by atoms with Crippen molar-refractivity contribution in [2.45, 2.75) is 107 Å². The molecule has 3 aliphatic heterocycles. The third kappa shape index (κ3) is 12.0. The van der Waals surface area contributed by atoms with Crippen LogP contribution in [0.5, 0.6) is 0 Å². The number of carbonyl (C=O) groups is 2. The number of aliphatic carboxylic acids is 1. The van der Waals surface area contributed by atoms with Gasteiger partial charge >= 0.3 is 11.9 Å². The lowest BCUT2D eigenvalue weighted by molar-refractivity contribution is -0.843. The lowest BCUT2D eigenvalue weighted by atomic mass is 9.80. The predicted molar refractivity (Wildman–Crippen MR) is 209 cm³/mol. The highest BCUT2D eigenvalue weighted by Crippen LogP contribution is 2.40. The maximum absolute atomic E-state index is 14.1. The summed E-state index contributed by atoms with van der Waals surface area (Å²) < 4.78 is 30.1. The van der Waals surface area contributed by atoms with Crippen LogP contribution in [-0.4, -0.2) is 150 Å². The van der Waals surface area contributed by atoms with Crippen molar-refractivity contribution in [1.82, 2.24) is 10.6 Å². The molecule has 3 fully saturated rings. The molecule has 1 saturated heterocycles. The second-order valence-corrected chi connectivity index (χ2v) is 15.5. The van der Waals surface area contributed by atoms with E-state index in [-0.39, 0.29) is 68.5 Å². The number of aliphatic hydroxyl groups is 6. The highest BCUT2D eigenvalue weighted by Gasteiger charge is 2.57. The summed E-state index contributed by atoms with van der Waals surface area (Å²) in [5, 5.41) is 78.0. The maximum atomic E-state index is 14.1.